The summed E-state index contributed by atoms with van der Waals surface area (Å²) in [7, 11) is -2.20. The summed E-state index contributed by atoms with van der Waals surface area (Å²) in [6.45, 7) is 0.511. The van der Waals surface area contributed by atoms with Crippen molar-refractivity contribution in [1.82, 2.24) is 14.1 Å². The first-order valence-electron chi connectivity index (χ1n) is 7.85. The minimum absolute atomic E-state index is 0.0597. The van der Waals surface area contributed by atoms with Gasteiger partial charge in [-0.1, -0.05) is 6.07 Å². The van der Waals surface area contributed by atoms with Gasteiger partial charge >= 0.3 is 6.18 Å². The number of halogens is 3. The third-order valence-electron chi connectivity index (χ3n) is 4.34. The van der Waals surface area contributed by atoms with Gasteiger partial charge in [0.25, 0.3) is 0 Å². The van der Waals surface area contributed by atoms with Crippen LogP contribution in [0.2, 0.25) is 0 Å². The molecular formula is C16H18F3N3O2S. The van der Waals surface area contributed by atoms with E-state index in [9.17, 15) is 21.6 Å². The summed E-state index contributed by atoms with van der Waals surface area (Å²) in [6, 6.07) is 5.72. The molecule has 0 radical (unpaired) electrons. The van der Waals surface area contributed by atoms with Gasteiger partial charge in [0.05, 0.1) is 16.2 Å². The van der Waals surface area contributed by atoms with Gasteiger partial charge in [-0.2, -0.15) is 22.6 Å². The van der Waals surface area contributed by atoms with Gasteiger partial charge in [0.15, 0.2) is 0 Å². The van der Waals surface area contributed by atoms with Gasteiger partial charge in [-0.15, -0.1) is 0 Å². The Bertz CT molecular complexity index is 862. The molecule has 2 heterocycles. The fourth-order valence-electron chi connectivity index (χ4n) is 3.03. The molecule has 1 aliphatic rings. The van der Waals surface area contributed by atoms with Crippen molar-refractivity contribution in [3.05, 3.63) is 47.8 Å². The molecule has 1 atom stereocenters. The molecule has 25 heavy (non-hydrogen) atoms. The lowest BCUT2D eigenvalue weighted by atomic mass is 9.96. The number of hydrogen-bond donors (Lipinski definition) is 0. The van der Waals surface area contributed by atoms with Gasteiger partial charge in [-0.05, 0) is 37.1 Å². The van der Waals surface area contributed by atoms with Crippen molar-refractivity contribution >= 4 is 10.0 Å². The Balaban J connectivity index is 1.87. The lowest BCUT2D eigenvalue weighted by Gasteiger charge is -2.31. The Hall–Kier alpha value is -1.87. The molecule has 0 unspecified atom stereocenters. The quantitative estimate of drug-likeness (QED) is 0.831. The Morgan fingerprint density at radius 2 is 2.00 bits per heavy atom. The molecule has 3 rings (SSSR count). The van der Waals surface area contributed by atoms with E-state index in [-0.39, 0.29) is 17.4 Å². The molecule has 0 N–H and O–H groups in total. The second-order valence-corrected chi connectivity index (χ2v) is 8.08. The van der Waals surface area contributed by atoms with Crippen LogP contribution in [0.25, 0.3) is 0 Å². The minimum atomic E-state index is -4.58. The molecule has 1 aromatic carbocycles. The van der Waals surface area contributed by atoms with E-state index in [4.69, 9.17) is 0 Å². The number of rotatable bonds is 3. The molecule has 1 fully saturated rings. The smallest absolute Gasteiger partial charge is 0.276 e. The van der Waals surface area contributed by atoms with Crippen LogP contribution in [0, 0.1) is 0 Å². The summed E-state index contributed by atoms with van der Waals surface area (Å²) in [5.74, 6) is -0.0597. The maximum atomic E-state index is 12.9. The van der Waals surface area contributed by atoms with Gasteiger partial charge in [0.2, 0.25) is 10.0 Å². The molecule has 0 saturated carbocycles. The SMILES string of the molecule is Cn1ccc([C@@H]2CCCN(S(=O)(=O)c3cccc(C(F)(F)F)c3)C2)n1. The first-order chi connectivity index (χ1) is 11.7. The minimum Gasteiger partial charge on any atom is -0.276 e. The molecule has 9 heteroatoms. The molecular weight excluding hydrogens is 355 g/mol. The summed E-state index contributed by atoms with van der Waals surface area (Å²) in [5, 5.41) is 4.32. The number of aryl methyl sites for hydroxylation is 1. The number of alkyl halides is 3. The molecule has 5 nitrogen and oxygen atoms in total. The highest BCUT2D eigenvalue weighted by molar-refractivity contribution is 7.89. The van der Waals surface area contributed by atoms with Crippen LogP contribution in [0.1, 0.15) is 30.0 Å². The monoisotopic (exact) mass is 373 g/mol. The van der Waals surface area contributed by atoms with Crippen LogP contribution in [0.4, 0.5) is 13.2 Å². The molecule has 0 amide bonds. The second-order valence-electron chi connectivity index (χ2n) is 6.14. The first-order valence-corrected chi connectivity index (χ1v) is 9.29. The van der Waals surface area contributed by atoms with Gasteiger partial charge < -0.3 is 0 Å². The van der Waals surface area contributed by atoms with Crippen LogP contribution in [-0.2, 0) is 23.2 Å². The van der Waals surface area contributed by atoms with Crippen LogP contribution in [0.15, 0.2) is 41.4 Å². The van der Waals surface area contributed by atoms with E-state index in [2.05, 4.69) is 5.10 Å². The summed E-state index contributed by atoms with van der Waals surface area (Å²) >= 11 is 0. The van der Waals surface area contributed by atoms with Crippen molar-refractivity contribution in [3.63, 3.8) is 0 Å². The highest BCUT2D eigenvalue weighted by Crippen LogP contribution is 2.33. The summed E-state index contributed by atoms with van der Waals surface area (Å²) in [6.07, 6.45) is -1.36. The van der Waals surface area contributed by atoms with Gasteiger partial charge in [-0.25, -0.2) is 8.42 Å². The van der Waals surface area contributed by atoms with Crippen molar-refractivity contribution in [3.8, 4) is 0 Å². The normalized spacial score (nSPS) is 19.9. The van der Waals surface area contributed by atoms with Crippen LogP contribution < -0.4 is 0 Å². The van der Waals surface area contributed by atoms with Crippen molar-refractivity contribution in [2.75, 3.05) is 13.1 Å². The zero-order chi connectivity index (χ0) is 18.2. The van der Waals surface area contributed by atoms with E-state index in [1.54, 1.807) is 17.9 Å². The molecule has 0 aliphatic carbocycles. The van der Waals surface area contributed by atoms with Crippen molar-refractivity contribution < 1.29 is 21.6 Å². The van der Waals surface area contributed by atoms with Crippen LogP contribution >= 0.6 is 0 Å². The Kier molecular flexibility index (Phi) is 4.63. The van der Waals surface area contributed by atoms with Gasteiger partial charge in [-0.3, -0.25) is 4.68 Å². The zero-order valence-corrected chi connectivity index (χ0v) is 14.4. The topological polar surface area (TPSA) is 55.2 Å². The standard InChI is InChI=1S/C16H18F3N3O2S/c1-21-9-7-15(20-21)12-4-3-8-22(11-12)25(23,24)14-6-2-5-13(10-14)16(17,18)19/h2,5-7,9-10,12H,3-4,8,11H2,1H3/t12-/m1/s1. The van der Waals surface area contributed by atoms with Crippen molar-refractivity contribution in [2.24, 2.45) is 7.05 Å². The highest BCUT2D eigenvalue weighted by atomic mass is 32.2. The molecule has 0 bridgehead atoms. The average Bonchev–Trinajstić information content (AvgIpc) is 3.01. The summed E-state index contributed by atoms with van der Waals surface area (Å²) < 4.78 is 67.1. The number of piperidine rings is 1. The summed E-state index contributed by atoms with van der Waals surface area (Å²) in [4.78, 5) is -0.330. The Morgan fingerprint density at radius 3 is 2.64 bits per heavy atom. The van der Waals surface area contributed by atoms with E-state index in [1.165, 1.54) is 10.4 Å². The van der Waals surface area contributed by atoms with E-state index >= 15 is 0 Å². The second kappa shape index (κ2) is 6.45. The predicted octanol–water partition coefficient (Wildman–Crippen LogP) is 3.01. The Morgan fingerprint density at radius 1 is 1.24 bits per heavy atom. The van der Waals surface area contributed by atoms with Crippen LogP contribution in [-0.4, -0.2) is 35.6 Å². The first kappa shape index (κ1) is 17.9. The molecule has 136 valence electrons. The fourth-order valence-corrected chi connectivity index (χ4v) is 4.61. The lowest BCUT2D eigenvalue weighted by Crippen LogP contribution is -2.39. The van der Waals surface area contributed by atoms with E-state index in [1.807, 2.05) is 6.07 Å². The number of sulfonamides is 1. The maximum Gasteiger partial charge on any atom is 0.416 e. The molecule has 1 aliphatic heterocycles. The fraction of sp³-hybridized carbons (Fsp3) is 0.438. The van der Waals surface area contributed by atoms with E-state index < -0.39 is 21.8 Å². The molecule has 0 spiro atoms. The van der Waals surface area contributed by atoms with Gasteiger partial charge in [0.1, 0.15) is 0 Å². The largest absolute Gasteiger partial charge is 0.416 e. The third kappa shape index (κ3) is 3.72. The van der Waals surface area contributed by atoms with E-state index in [0.717, 1.165) is 24.2 Å². The Labute approximate surface area is 144 Å². The van der Waals surface area contributed by atoms with E-state index in [0.29, 0.717) is 19.0 Å². The van der Waals surface area contributed by atoms with Crippen LogP contribution in [0.5, 0.6) is 0 Å². The average molecular weight is 373 g/mol. The molecule has 1 saturated heterocycles. The summed E-state index contributed by atoms with van der Waals surface area (Å²) in [5.41, 5.74) is -0.168. The van der Waals surface area contributed by atoms with Crippen LogP contribution in [0.3, 0.4) is 0 Å². The number of nitrogens with zero attached hydrogens (tertiary/aromatic N) is 3. The lowest BCUT2D eigenvalue weighted by molar-refractivity contribution is -0.137. The number of hydrogen-bond acceptors (Lipinski definition) is 3. The predicted molar refractivity (Wildman–Crippen MR) is 85.4 cm³/mol. The molecule has 1 aromatic heterocycles. The number of benzene rings is 1. The highest BCUT2D eigenvalue weighted by Gasteiger charge is 2.35. The van der Waals surface area contributed by atoms with Crippen molar-refractivity contribution in [2.45, 2.75) is 29.8 Å². The van der Waals surface area contributed by atoms with Gasteiger partial charge in [0, 0.05) is 32.3 Å². The zero-order valence-electron chi connectivity index (χ0n) is 13.6. The molecule has 2 aromatic rings. The number of aromatic nitrogens is 2. The van der Waals surface area contributed by atoms with Crippen molar-refractivity contribution in [1.29, 1.82) is 0 Å². The third-order valence-corrected chi connectivity index (χ3v) is 6.20. The maximum absolute atomic E-state index is 12.9.